The normalized spacial score (nSPS) is 13.3. The average molecular weight is 371 g/mol. The topological polar surface area (TPSA) is 101 Å². The molecule has 0 spiro atoms. The number of rotatable bonds is 17. The maximum atomic E-state index is 10.2. The van der Waals surface area contributed by atoms with Gasteiger partial charge in [-0.05, 0) is 32.1 Å². The summed E-state index contributed by atoms with van der Waals surface area (Å²) in [4.78, 5) is 10.2. The number of carboxylic acids is 1. The van der Waals surface area contributed by atoms with Crippen LogP contribution in [0.25, 0.3) is 0 Å². The van der Waals surface area contributed by atoms with Gasteiger partial charge in [0.25, 0.3) is 0 Å². The maximum absolute atomic E-state index is 10.2. The molecule has 0 fully saturated rings. The van der Waals surface area contributed by atoms with Crippen LogP contribution in [0, 0.1) is 0 Å². The summed E-state index contributed by atoms with van der Waals surface area (Å²) in [5, 5.41) is 38.7. The summed E-state index contributed by atoms with van der Waals surface area (Å²) >= 11 is 0. The van der Waals surface area contributed by atoms with E-state index in [0.29, 0.717) is 19.3 Å². The van der Waals surface area contributed by atoms with Crippen LogP contribution in [0.5, 0.6) is 0 Å². The van der Waals surface area contributed by atoms with Crippen LogP contribution < -0.4 is 56.5 Å². The van der Waals surface area contributed by atoms with Crippen LogP contribution in [-0.4, -0.2) is 40.1 Å². The summed E-state index contributed by atoms with van der Waals surface area (Å²) in [6, 6.07) is 0. The molecule has 0 aromatic carbocycles. The van der Waals surface area contributed by atoms with E-state index in [0.717, 1.165) is 64.2 Å². The smallest absolute Gasteiger partial charge is 0.550 e. The van der Waals surface area contributed by atoms with Crippen LogP contribution in [0.4, 0.5) is 0 Å². The van der Waals surface area contributed by atoms with Crippen molar-refractivity contribution in [1.82, 2.24) is 0 Å². The molecule has 0 saturated carbocycles. The van der Waals surface area contributed by atoms with Gasteiger partial charge in [0, 0.05) is 12.6 Å². The fourth-order valence-electron chi connectivity index (χ4n) is 2.71. The SMILES string of the molecule is O=C([O-])CCCCCCCC(O)C(O)CCCCCCCCO.[K+]. The van der Waals surface area contributed by atoms with E-state index < -0.39 is 18.2 Å². The number of hydrogen-bond acceptors (Lipinski definition) is 5. The van der Waals surface area contributed by atoms with Gasteiger partial charge < -0.3 is 25.2 Å². The average Bonchev–Trinajstić information content (AvgIpc) is 2.52. The quantitative estimate of drug-likeness (QED) is 0.223. The van der Waals surface area contributed by atoms with E-state index >= 15 is 0 Å². The first-order valence-electron chi connectivity index (χ1n) is 9.24. The van der Waals surface area contributed by atoms with E-state index in [4.69, 9.17) is 5.11 Å². The second kappa shape index (κ2) is 20.3. The number of carbonyl (C=O) groups excluding carboxylic acids is 1. The summed E-state index contributed by atoms with van der Waals surface area (Å²) in [7, 11) is 0. The van der Waals surface area contributed by atoms with Gasteiger partial charge >= 0.3 is 51.4 Å². The predicted molar refractivity (Wildman–Crippen MR) is 88.7 cm³/mol. The molecule has 2 atom stereocenters. The molecular weight excluding hydrogens is 335 g/mol. The fourth-order valence-corrected chi connectivity index (χ4v) is 2.71. The number of aliphatic carboxylic acids is 1. The first-order valence-corrected chi connectivity index (χ1v) is 9.24. The van der Waals surface area contributed by atoms with Crippen molar-refractivity contribution in [1.29, 1.82) is 0 Å². The van der Waals surface area contributed by atoms with Gasteiger partial charge in [0.15, 0.2) is 0 Å². The molecule has 0 aliphatic heterocycles. The third-order valence-corrected chi connectivity index (χ3v) is 4.23. The maximum Gasteiger partial charge on any atom is 1.00 e. The number of unbranched alkanes of at least 4 members (excludes halogenated alkanes) is 9. The van der Waals surface area contributed by atoms with Crippen LogP contribution in [0.2, 0.25) is 0 Å². The van der Waals surface area contributed by atoms with Crippen molar-refractivity contribution < 1.29 is 76.6 Å². The van der Waals surface area contributed by atoms with Crippen molar-refractivity contribution in [3.63, 3.8) is 0 Å². The largest absolute Gasteiger partial charge is 1.00 e. The molecule has 0 saturated heterocycles. The van der Waals surface area contributed by atoms with Crippen LogP contribution in [0.3, 0.4) is 0 Å². The zero-order chi connectivity index (χ0) is 17.3. The summed E-state index contributed by atoms with van der Waals surface area (Å²) in [5.41, 5.74) is 0. The molecule has 0 aromatic rings. The van der Waals surface area contributed by atoms with Crippen molar-refractivity contribution in [2.75, 3.05) is 6.61 Å². The number of aliphatic hydroxyl groups excluding tert-OH is 3. The molecule has 0 heterocycles. The summed E-state index contributed by atoms with van der Waals surface area (Å²) in [5.74, 6) is -0.989. The molecular formula is C18H35KO5. The number of carbonyl (C=O) groups is 1. The van der Waals surface area contributed by atoms with Gasteiger partial charge in [-0.3, -0.25) is 0 Å². The van der Waals surface area contributed by atoms with E-state index in [1.807, 2.05) is 0 Å². The van der Waals surface area contributed by atoms with Gasteiger partial charge in [0.1, 0.15) is 0 Å². The van der Waals surface area contributed by atoms with Crippen LogP contribution in [0.15, 0.2) is 0 Å². The standard InChI is InChI=1S/C18H36O5.K/c19-15-11-7-2-1-4-8-12-16(20)17(21)13-9-5-3-6-10-14-18(22)23;/h16-17,19-21H,1-15H2,(H,22,23);/q;+1/p-1. The summed E-state index contributed by atoms with van der Waals surface area (Å²) in [6.07, 6.45) is 10.6. The molecule has 0 radical (unpaired) electrons. The van der Waals surface area contributed by atoms with Gasteiger partial charge in [-0.15, -0.1) is 0 Å². The molecule has 0 amide bonds. The number of aliphatic hydroxyl groups is 3. The van der Waals surface area contributed by atoms with Crippen molar-refractivity contribution >= 4 is 5.97 Å². The minimum atomic E-state index is -0.989. The molecule has 138 valence electrons. The molecule has 3 N–H and O–H groups in total. The van der Waals surface area contributed by atoms with Crippen LogP contribution in [-0.2, 0) is 4.79 Å². The molecule has 0 bridgehead atoms. The molecule has 2 unspecified atom stereocenters. The van der Waals surface area contributed by atoms with Crippen molar-refractivity contribution in [3.05, 3.63) is 0 Å². The summed E-state index contributed by atoms with van der Waals surface area (Å²) < 4.78 is 0. The van der Waals surface area contributed by atoms with Gasteiger partial charge in [-0.1, -0.05) is 57.8 Å². The van der Waals surface area contributed by atoms with E-state index in [-0.39, 0.29) is 64.4 Å². The third-order valence-electron chi connectivity index (χ3n) is 4.23. The first kappa shape index (κ1) is 27.2. The molecule has 24 heavy (non-hydrogen) atoms. The van der Waals surface area contributed by atoms with Crippen molar-refractivity contribution in [2.24, 2.45) is 0 Å². The summed E-state index contributed by atoms with van der Waals surface area (Å²) in [6.45, 7) is 0.266. The number of carboxylic acid groups (broad SMARTS) is 1. The van der Waals surface area contributed by atoms with Crippen molar-refractivity contribution in [3.8, 4) is 0 Å². The van der Waals surface area contributed by atoms with E-state index in [1.165, 1.54) is 0 Å². The molecule has 6 heteroatoms. The van der Waals surface area contributed by atoms with Crippen molar-refractivity contribution in [2.45, 2.75) is 102 Å². The molecule has 0 aromatic heterocycles. The minimum absolute atomic E-state index is 0. The Labute approximate surface area is 189 Å². The molecule has 5 nitrogen and oxygen atoms in total. The fraction of sp³-hybridized carbons (Fsp3) is 0.944. The second-order valence-corrected chi connectivity index (χ2v) is 6.45. The van der Waals surface area contributed by atoms with Crippen LogP contribution in [0.1, 0.15) is 89.9 Å². The van der Waals surface area contributed by atoms with E-state index in [2.05, 4.69) is 0 Å². The van der Waals surface area contributed by atoms with Gasteiger partial charge in [0.05, 0.1) is 12.2 Å². The third kappa shape index (κ3) is 19.3. The Hall–Kier alpha value is 0.986. The molecule has 0 rings (SSSR count). The molecule has 0 aliphatic rings. The Morgan fingerprint density at radius 2 is 1.08 bits per heavy atom. The Morgan fingerprint density at radius 3 is 1.50 bits per heavy atom. The van der Waals surface area contributed by atoms with E-state index in [1.54, 1.807) is 0 Å². The Bertz CT molecular complexity index is 276. The number of hydrogen-bond donors (Lipinski definition) is 3. The van der Waals surface area contributed by atoms with Crippen LogP contribution >= 0.6 is 0 Å². The molecule has 0 aliphatic carbocycles. The first-order chi connectivity index (χ1) is 11.1. The minimum Gasteiger partial charge on any atom is -0.550 e. The zero-order valence-electron chi connectivity index (χ0n) is 15.4. The predicted octanol–water partition coefficient (Wildman–Crippen LogP) is -1.08. The van der Waals surface area contributed by atoms with E-state index in [9.17, 15) is 20.1 Å². The monoisotopic (exact) mass is 370 g/mol. The Kier molecular flexibility index (Phi) is 23.0. The van der Waals surface area contributed by atoms with Gasteiger partial charge in [-0.2, -0.15) is 0 Å². The zero-order valence-corrected chi connectivity index (χ0v) is 18.5. The Morgan fingerprint density at radius 1 is 0.708 bits per heavy atom. The van der Waals surface area contributed by atoms with Gasteiger partial charge in [0.2, 0.25) is 0 Å². The second-order valence-electron chi connectivity index (χ2n) is 6.45. The van der Waals surface area contributed by atoms with Gasteiger partial charge in [-0.25, -0.2) is 0 Å². The Balaban J connectivity index is 0.